The summed E-state index contributed by atoms with van der Waals surface area (Å²) in [6, 6.07) is 0.430. The molecule has 2 rings (SSSR count). The lowest BCUT2D eigenvalue weighted by molar-refractivity contribution is -0.121. The molecule has 0 unspecified atom stereocenters. The van der Waals surface area contributed by atoms with E-state index in [-0.39, 0.29) is 5.91 Å². The van der Waals surface area contributed by atoms with Crippen molar-refractivity contribution in [2.24, 2.45) is 0 Å². The van der Waals surface area contributed by atoms with Gasteiger partial charge in [-0.2, -0.15) is 0 Å². The Bertz CT molecular complexity index is 421. The van der Waals surface area contributed by atoms with Gasteiger partial charge in [-0.05, 0) is 13.3 Å². The van der Waals surface area contributed by atoms with Gasteiger partial charge < -0.3 is 10.1 Å². The van der Waals surface area contributed by atoms with E-state index in [0.29, 0.717) is 19.0 Å². The molecule has 0 saturated carbocycles. The van der Waals surface area contributed by atoms with Crippen molar-refractivity contribution in [2.45, 2.75) is 32.2 Å². The fraction of sp³-hybridized carbons (Fsp3) is 0.667. The number of amides is 1. The molecule has 1 N–H and O–H groups in total. The van der Waals surface area contributed by atoms with Crippen molar-refractivity contribution in [3.63, 3.8) is 0 Å². The van der Waals surface area contributed by atoms with Gasteiger partial charge in [0, 0.05) is 57.1 Å². The fourth-order valence-corrected chi connectivity index (χ4v) is 2.42. The van der Waals surface area contributed by atoms with Gasteiger partial charge in [-0.3, -0.25) is 19.7 Å². The molecule has 1 aliphatic heterocycles. The average Bonchev–Trinajstić information content (AvgIpc) is 2.54. The van der Waals surface area contributed by atoms with Crippen molar-refractivity contribution in [2.75, 3.05) is 32.8 Å². The van der Waals surface area contributed by atoms with Crippen LogP contribution in [0.4, 0.5) is 0 Å². The number of carbonyl (C=O) groups excluding carboxylic acids is 1. The number of nitrogens with one attached hydrogen (secondary N) is 1. The largest absolute Gasteiger partial charge is 0.379 e. The maximum absolute atomic E-state index is 11.8. The Morgan fingerprint density at radius 1 is 1.43 bits per heavy atom. The van der Waals surface area contributed by atoms with Crippen molar-refractivity contribution in [1.82, 2.24) is 20.2 Å². The Hall–Kier alpha value is -1.53. The second kappa shape index (κ2) is 8.69. The van der Waals surface area contributed by atoms with Crippen LogP contribution in [0.5, 0.6) is 0 Å². The van der Waals surface area contributed by atoms with Crippen LogP contribution in [0.3, 0.4) is 0 Å². The molecule has 1 aromatic heterocycles. The predicted molar refractivity (Wildman–Crippen MR) is 79.8 cm³/mol. The van der Waals surface area contributed by atoms with Crippen molar-refractivity contribution < 1.29 is 9.53 Å². The molecule has 0 bridgehead atoms. The summed E-state index contributed by atoms with van der Waals surface area (Å²) >= 11 is 0. The zero-order chi connectivity index (χ0) is 14.9. The number of ether oxygens (including phenoxy) is 1. The van der Waals surface area contributed by atoms with Crippen LogP contribution in [0.15, 0.2) is 18.6 Å². The number of rotatable bonds is 7. The predicted octanol–water partition coefficient (Wildman–Crippen LogP) is 0.636. The minimum Gasteiger partial charge on any atom is -0.379 e. The quantitative estimate of drug-likeness (QED) is 0.798. The normalized spacial score (nSPS) is 17.4. The summed E-state index contributed by atoms with van der Waals surface area (Å²) in [6.07, 6.45) is 7.22. The lowest BCUT2D eigenvalue weighted by atomic mass is 10.1. The molecule has 0 spiro atoms. The first-order chi connectivity index (χ1) is 10.3. The summed E-state index contributed by atoms with van der Waals surface area (Å²) in [6.45, 7) is 6.33. The third kappa shape index (κ3) is 5.77. The van der Waals surface area contributed by atoms with Gasteiger partial charge in [-0.15, -0.1) is 0 Å². The van der Waals surface area contributed by atoms with Crippen LogP contribution in [-0.2, 0) is 16.0 Å². The number of hydrogen-bond acceptors (Lipinski definition) is 5. The highest BCUT2D eigenvalue weighted by Gasteiger charge is 2.17. The summed E-state index contributed by atoms with van der Waals surface area (Å²) in [5, 5.41) is 2.94. The Kier molecular flexibility index (Phi) is 6.56. The van der Waals surface area contributed by atoms with E-state index in [2.05, 4.69) is 27.1 Å². The lowest BCUT2D eigenvalue weighted by Crippen LogP contribution is -2.42. The zero-order valence-corrected chi connectivity index (χ0v) is 12.6. The average molecular weight is 292 g/mol. The molecule has 1 amide bonds. The zero-order valence-electron chi connectivity index (χ0n) is 12.6. The molecule has 1 aromatic rings. The van der Waals surface area contributed by atoms with E-state index >= 15 is 0 Å². The molecule has 1 aliphatic rings. The summed E-state index contributed by atoms with van der Waals surface area (Å²) in [7, 11) is 0. The first kappa shape index (κ1) is 15.9. The molecule has 21 heavy (non-hydrogen) atoms. The highest BCUT2D eigenvalue weighted by Crippen LogP contribution is 2.09. The summed E-state index contributed by atoms with van der Waals surface area (Å²) < 4.78 is 5.34. The Labute approximate surface area is 125 Å². The van der Waals surface area contributed by atoms with E-state index in [1.165, 1.54) is 0 Å². The monoisotopic (exact) mass is 292 g/mol. The topological polar surface area (TPSA) is 67.4 Å². The standard InChI is InChI=1S/C15H24N4O2/c1-13(19-8-10-21-11-9-19)2-3-15(20)18-5-4-14-12-16-6-7-17-14/h6-7,12-13H,2-5,8-11H2,1H3,(H,18,20)/t13-/m0/s1. The van der Waals surface area contributed by atoms with Gasteiger partial charge in [0.2, 0.25) is 5.91 Å². The van der Waals surface area contributed by atoms with E-state index in [1.54, 1.807) is 18.6 Å². The number of nitrogens with zero attached hydrogens (tertiary/aromatic N) is 3. The van der Waals surface area contributed by atoms with Gasteiger partial charge in [0.05, 0.1) is 18.9 Å². The van der Waals surface area contributed by atoms with Crippen molar-refractivity contribution >= 4 is 5.91 Å². The third-order valence-corrected chi connectivity index (χ3v) is 3.78. The number of morpholine rings is 1. The van der Waals surface area contributed by atoms with Gasteiger partial charge in [0.1, 0.15) is 0 Å². The van der Waals surface area contributed by atoms with Crippen molar-refractivity contribution in [1.29, 1.82) is 0 Å². The van der Waals surface area contributed by atoms with E-state index in [1.807, 2.05) is 0 Å². The lowest BCUT2D eigenvalue weighted by Gasteiger charge is -2.32. The second-order valence-electron chi connectivity index (χ2n) is 5.33. The second-order valence-corrected chi connectivity index (χ2v) is 5.33. The highest BCUT2D eigenvalue weighted by atomic mass is 16.5. The van der Waals surface area contributed by atoms with Crippen LogP contribution in [0.1, 0.15) is 25.5 Å². The molecule has 6 nitrogen and oxygen atoms in total. The third-order valence-electron chi connectivity index (χ3n) is 3.78. The van der Waals surface area contributed by atoms with Crippen LogP contribution in [0.2, 0.25) is 0 Å². The number of carbonyl (C=O) groups is 1. The first-order valence-electron chi connectivity index (χ1n) is 7.59. The van der Waals surface area contributed by atoms with Gasteiger partial charge in [-0.25, -0.2) is 0 Å². The fourth-order valence-electron chi connectivity index (χ4n) is 2.42. The maximum Gasteiger partial charge on any atom is 0.220 e. The molecule has 0 aromatic carbocycles. The number of hydrogen-bond donors (Lipinski definition) is 1. The molecule has 2 heterocycles. The molecule has 0 aliphatic carbocycles. The summed E-state index contributed by atoms with van der Waals surface area (Å²) in [5.41, 5.74) is 0.902. The SMILES string of the molecule is C[C@@H](CCC(=O)NCCc1cnccn1)N1CCOCC1. The molecule has 1 atom stereocenters. The Morgan fingerprint density at radius 2 is 2.24 bits per heavy atom. The Morgan fingerprint density at radius 3 is 2.95 bits per heavy atom. The van der Waals surface area contributed by atoms with E-state index in [9.17, 15) is 4.79 Å². The number of aromatic nitrogens is 2. The van der Waals surface area contributed by atoms with Gasteiger partial charge in [0.15, 0.2) is 0 Å². The molecular weight excluding hydrogens is 268 g/mol. The van der Waals surface area contributed by atoms with Crippen LogP contribution in [-0.4, -0.2) is 59.7 Å². The van der Waals surface area contributed by atoms with E-state index in [0.717, 1.165) is 44.8 Å². The summed E-state index contributed by atoms with van der Waals surface area (Å²) in [5.74, 6) is 0.110. The highest BCUT2D eigenvalue weighted by molar-refractivity contribution is 5.75. The van der Waals surface area contributed by atoms with Crippen LogP contribution in [0.25, 0.3) is 0 Å². The smallest absolute Gasteiger partial charge is 0.220 e. The van der Waals surface area contributed by atoms with Gasteiger partial charge in [-0.1, -0.05) is 0 Å². The van der Waals surface area contributed by atoms with Gasteiger partial charge in [0.25, 0.3) is 0 Å². The van der Waals surface area contributed by atoms with E-state index < -0.39 is 0 Å². The minimum atomic E-state index is 0.110. The Balaban J connectivity index is 1.58. The molecule has 1 saturated heterocycles. The van der Waals surface area contributed by atoms with Crippen LogP contribution < -0.4 is 5.32 Å². The van der Waals surface area contributed by atoms with Gasteiger partial charge >= 0.3 is 0 Å². The molecule has 6 heteroatoms. The summed E-state index contributed by atoms with van der Waals surface area (Å²) in [4.78, 5) is 22.4. The molecule has 1 fully saturated rings. The molecule has 0 radical (unpaired) electrons. The van der Waals surface area contributed by atoms with Crippen molar-refractivity contribution in [3.05, 3.63) is 24.3 Å². The van der Waals surface area contributed by atoms with Crippen LogP contribution >= 0.6 is 0 Å². The molecular formula is C15H24N4O2. The van der Waals surface area contributed by atoms with E-state index in [4.69, 9.17) is 4.74 Å². The van der Waals surface area contributed by atoms with Crippen molar-refractivity contribution in [3.8, 4) is 0 Å². The van der Waals surface area contributed by atoms with Crippen LogP contribution in [0, 0.1) is 0 Å². The minimum absolute atomic E-state index is 0.110. The molecule has 116 valence electrons. The maximum atomic E-state index is 11.8. The first-order valence-corrected chi connectivity index (χ1v) is 7.59.